The van der Waals surface area contributed by atoms with Crippen molar-refractivity contribution in [3.63, 3.8) is 0 Å². The summed E-state index contributed by atoms with van der Waals surface area (Å²) in [6.07, 6.45) is 5.31. The topological polar surface area (TPSA) is 93.1 Å². The van der Waals surface area contributed by atoms with Crippen molar-refractivity contribution in [2.75, 3.05) is 38.3 Å². The van der Waals surface area contributed by atoms with E-state index in [1.165, 1.54) is 13.2 Å². The first kappa shape index (κ1) is 34.0. The molecule has 2 aliphatic rings. The lowest BCUT2D eigenvalue weighted by Gasteiger charge is -2.45. The number of nitrogens with zero attached hydrogens (tertiary/aromatic N) is 3. The Balaban J connectivity index is 1.55. The summed E-state index contributed by atoms with van der Waals surface area (Å²) in [4.78, 5) is 43.7. The van der Waals surface area contributed by atoms with Gasteiger partial charge in [-0.25, -0.2) is 4.39 Å². The lowest BCUT2D eigenvalue weighted by atomic mass is 10.0. The number of esters is 1. The molecule has 9 nitrogen and oxygen atoms in total. The molecule has 3 aromatic rings. The van der Waals surface area contributed by atoms with E-state index in [1.807, 2.05) is 30.2 Å². The minimum atomic E-state index is -0.612. The molecule has 2 fully saturated rings. The third-order valence-electron chi connectivity index (χ3n) is 9.21. The summed E-state index contributed by atoms with van der Waals surface area (Å²) in [5.41, 5.74) is 1.58. The zero-order valence-corrected chi connectivity index (χ0v) is 28.4. The van der Waals surface area contributed by atoms with Crippen molar-refractivity contribution >= 4 is 51.7 Å². The minimum absolute atomic E-state index is 0.00841. The third kappa shape index (κ3) is 6.71. The summed E-state index contributed by atoms with van der Waals surface area (Å²) in [6, 6.07) is 4.43. The predicted molar refractivity (Wildman–Crippen MR) is 179 cm³/mol. The van der Waals surface area contributed by atoms with Crippen LogP contribution in [-0.2, 0) is 16.1 Å². The van der Waals surface area contributed by atoms with Crippen LogP contribution in [0.4, 0.5) is 10.1 Å². The highest BCUT2D eigenvalue weighted by atomic mass is 35.5. The van der Waals surface area contributed by atoms with Crippen LogP contribution in [0.15, 0.2) is 29.2 Å². The second-order valence-corrected chi connectivity index (χ2v) is 13.1. The van der Waals surface area contributed by atoms with Crippen molar-refractivity contribution in [2.45, 2.75) is 78.0 Å². The molecule has 0 radical (unpaired) electrons. The minimum Gasteiger partial charge on any atom is -0.492 e. The number of aromatic nitrogens is 1. The van der Waals surface area contributed by atoms with E-state index in [-0.39, 0.29) is 59.6 Å². The van der Waals surface area contributed by atoms with Crippen molar-refractivity contribution in [3.05, 3.63) is 67.2 Å². The van der Waals surface area contributed by atoms with E-state index >= 15 is 4.39 Å². The Morgan fingerprint density at radius 2 is 1.76 bits per heavy atom. The first-order valence-corrected chi connectivity index (χ1v) is 16.5. The van der Waals surface area contributed by atoms with Gasteiger partial charge in [0.1, 0.15) is 11.3 Å². The van der Waals surface area contributed by atoms with Gasteiger partial charge in [0, 0.05) is 54.0 Å². The Bertz CT molecular complexity index is 1670. The molecule has 1 amide bonds. The van der Waals surface area contributed by atoms with Crippen LogP contribution in [0.5, 0.6) is 5.75 Å². The molecule has 1 aromatic heterocycles. The Morgan fingerprint density at radius 3 is 2.37 bits per heavy atom. The van der Waals surface area contributed by atoms with Crippen LogP contribution in [0, 0.1) is 12.7 Å². The van der Waals surface area contributed by atoms with Crippen LogP contribution >= 0.6 is 23.2 Å². The van der Waals surface area contributed by atoms with Gasteiger partial charge in [-0.15, -0.1) is 0 Å². The fourth-order valence-electron chi connectivity index (χ4n) is 6.99. The van der Waals surface area contributed by atoms with E-state index in [4.69, 9.17) is 32.7 Å². The molecule has 1 aliphatic heterocycles. The number of methoxy groups -OCH3 is 1. The highest BCUT2D eigenvalue weighted by molar-refractivity contribution is 6.35. The number of amides is 1. The van der Waals surface area contributed by atoms with Gasteiger partial charge in [-0.3, -0.25) is 19.3 Å². The van der Waals surface area contributed by atoms with Crippen molar-refractivity contribution in [1.29, 1.82) is 0 Å². The molecule has 0 spiro atoms. The number of benzene rings is 2. The fourth-order valence-corrected chi connectivity index (χ4v) is 7.65. The number of anilines is 1. The molecular weight excluding hydrogens is 634 g/mol. The van der Waals surface area contributed by atoms with Crippen LogP contribution in [0.25, 0.3) is 10.9 Å². The van der Waals surface area contributed by atoms with Crippen molar-refractivity contribution in [1.82, 2.24) is 14.8 Å². The summed E-state index contributed by atoms with van der Waals surface area (Å²) in [6.45, 7) is 9.02. The van der Waals surface area contributed by atoms with Crippen LogP contribution in [0.2, 0.25) is 10.0 Å². The van der Waals surface area contributed by atoms with Gasteiger partial charge in [0.05, 0.1) is 31.2 Å². The lowest BCUT2D eigenvalue weighted by molar-refractivity contribution is -0.145. The molecule has 0 unspecified atom stereocenters. The van der Waals surface area contributed by atoms with E-state index in [2.05, 4.69) is 10.2 Å². The number of nitrogens with one attached hydrogen (secondary N) is 1. The SMILES string of the molecule is CCOC(=O)CN1[C@H](C)CN(c2c(F)cc3c(=O)c(C(=O)NCc4c(C)cc(Cl)cc4Cl)cn(C4CCCC4)c3c2OC)C[C@@H]1C. The Kier molecular flexibility index (Phi) is 10.5. The Hall–Kier alpha value is -3.34. The quantitative estimate of drug-likeness (QED) is 0.268. The largest absolute Gasteiger partial charge is 0.492 e. The Morgan fingerprint density at radius 1 is 1.09 bits per heavy atom. The van der Waals surface area contributed by atoms with E-state index < -0.39 is 17.2 Å². The summed E-state index contributed by atoms with van der Waals surface area (Å²) in [5, 5.41) is 3.82. The maximum atomic E-state index is 16.2. The highest BCUT2D eigenvalue weighted by Crippen LogP contribution is 2.42. The third-order valence-corrected chi connectivity index (χ3v) is 9.76. The number of pyridine rings is 1. The summed E-state index contributed by atoms with van der Waals surface area (Å²) < 4.78 is 29.3. The number of ether oxygens (including phenoxy) is 2. The summed E-state index contributed by atoms with van der Waals surface area (Å²) in [5.74, 6) is -1.23. The maximum absolute atomic E-state index is 16.2. The molecule has 2 atom stereocenters. The van der Waals surface area contributed by atoms with Crippen LogP contribution in [-0.4, -0.2) is 66.8 Å². The first-order chi connectivity index (χ1) is 21.9. The molecule has 12 heteroatoms. The Labute approximate surface area is 278 Å². The second-order valence-electron chi connectivity index (χ2n) is 12.3. The summed E-state index contributed by atoms with van der Waals surface area (Å²) in [7, 11) is 1.48. The average Bonchev–Trinajstić information content (AvgIpc) is 3.53. The van der Waals surface area contributed by atoms with E-state index in [9.17, 15) is 14.4 Å². The van der Waals surface area contributed by atoms with E-state index in [0.717, 1.165) is 31.2 Å². The number of piperazine rings is 1. The monoisotopic (exact) mass is 674 g/mol. The normalized spacial score (nSPS) is 19.1. The number of hydrogen-bond donors (Lipinski definition) is 1. The van der Waals surface area contributed by atoms with E-state index in [1.54, 1.807) is 25.3 Å². The van der Waals surface area contributed by atoms with Gasteiger partial charge < -0.3 is 24.3 Å². The molecule has 1 saturated heterocycles. The predicted octanol–water partition coefficient (Wildman–Crippen LogP) is 6.27. The van der Waals surface area contributed by atoms with Gasteiger partial charge in [-0.2, -0.15) is 0 Å². The number of halogens is 3. The molecule has 1 aliphatic carbocycles. The molecule has 0 bridgehead atoms. The standard InChI is InChI=1S/C34H41Cl2FN4O5/c1-6-46-29(42)18-40-20(3)15-39(16-21(40)4)31-28(37)13-24-30(33(31)45-5)41(23-9-7-8-10-23)17-26(32(24)43)34(44)38-14-25-19(2)11-22(35)12-27(25)36/h11-13,17,20-21,23H,6-10,14-16,18H2,1-5H3,(H,38,44)/t20-,21+. The molecule has 5 rings (SSSR count). The van der Waals surface area contributed by atoms with Crippen molar-refractivity contribution in [3.8, 4) is 5.75 Å². The van der Waals surface area contributed by atoms with Gasteiger partial charge in [0.15, 0.2) is 11.6 Å². The lowest BCUT2D eigenvalue weighted by Crippen LogP contribution is -2.58. The maximum Gasteiger partial charge on any atom is 0.320 e. The first-order valence-electron chi connectivity index (χ1n) is 15.8. The van der Waals surface area contributed by atoms with Crippen molar-refractivity contribution < 1.29 is 23.5 Å². The van der Waals surface area contributed by atoms with Crippen LogP contribution in [0.1, 0.15) is 74.0 Å². The number of rotatable bonds is 9. The zero-order chi connectivity index (χ0) is 33.3. The molecule has 1 saturated carbocycles. The van der Waals surface area contributed by atoms with Gasteiger partial charge in [-0.1, -0.05) is 36.0 Å². The molecule has 1 N–H and O–H groups in total. The zero-order valence-electron chi connectivity index (χ0n) is 26.9. The van der Waals surface area contributed by atoms with Gasteiger partial charge in [-0.05, 0) is 69.9 Å². The summed E-state index contributed by atoms with van der Waals surface area (Å²) >= 11 is 12.5. The molecule has 46 heavy (non-hydrogen) atoms. The molecule has 2 aromatic carbocycles. The molecule has 2 heterocycles. The van der Waals surface area contributed by atoms with Crippen molar-refractivity contribution in [2.24, 2.45) is 0 Å². The van der Waals surface area contributed by atoms with Gasteiger partial charge in [0.25, 0.3) is 5.91 Å². The van der Waals surface area contributed by atoms with Crippen LogP contribution in [0.3, 0.4) is 0 Å². The number of hydrogen-bond acceptors (Lipinski definition) is 7. The van der Waals surface area contributed by atoms with Crippen LogP contribution < -0.4 is 20.4 Å². The number of carbonyl (C=O) groups is 2. The molecule has 248 valence electrons. The fraction of sp³-hybridized carbons (Fsp3) is 0.500. The number of aryl methyl sites for hydroxylation is 1. The van der Waals surface area contributed by atoms with Gasteiger partial charge >= 0.3 is 5.97 Å². The number of fused-ring (bicyclic) bond motifs is 1. The smallest absolute Gasteiger partial charge is 0.320 e. The van der Waals surface area contributed by atoms with E-state index in [0.29, 0.717) is 40.8 Å². The second kappa shape index (κ2) is 14.2. The molecular formula is C34H41Cl2FN4O5. The highest BCUT2D eigenvalue weighted by Gasteiger charge is 2.35. The van der Waals surface area contributed by atoms with Gasteiger partial charge in [0.2, 0.25) is 5.43 Å². The number of carbonyl (C=O) groups excluding carboxylic acids is 2. The average molecular weight is 676 g/mol.